The molecule has 0 radical (unpaired) electrons. The van der Waals surface area contributed by atoms with Gasteiger partial charge in [0.1, 0.15) is 5.82 Å². The monoisotopic (exact) mass is 358 g/mol. The lowest BCUT2D eigenvalue weighted by molar-refractivity contribution is 0.102. The molecular formula is C21H15FN4O. The van der Waals surface area contributed by atoms with Crippen LogP contribution in [0.4, 0.5) is 10.1 Å². The zero-order chi connectivity index (χ0) is 18.8. The summed E-state index contributed by atoms with van der Waals surface area (Å²) in [7, 11) is 0. The van der Waals surface area contributed by atoms with E-state index in [4.69, 9.17) is 0 Å². The number of aryl methyl sites for hydroxylation is 1. The van der Waals surface area contributed by atoms with E-state index in [1.54, 1.807) is 12.1 Å². The molecule has 0 aliphatic heterocycles. The molecule has 0 atom stereocenters. The van der Waals surface area contributed by atoms with Crippen LogP contribution in [0.5, 0.6) is 0 Å². The van der Waals surface area contributed by atoms with Crippen LogP contribution in [-0.2, 0) is 0 Å². The summed E-state index contributed by atoms with van der Waals surface area (Å²) in [4.78, 5) is 16.9. The fourth-order valence-corrected chi connectivity index (χ4v) is 2.84. The maximum absolute atomic E-state index is 13.3. The van der Waals surface area contributed by atoms with Gasteiger partial charge in [-0.1, -0.05) is 12.1 Å². The normalized spacial score (nSPS) is 10.7. The van der Waals surface area contributed by atoms with Crippen molar-refractivity contribution < 1.29 is 9.18 Å². The standard InChI is InChI=1S/C21H15FN4O/c1-13-10-14(19-6-3-15-11-17(22)4-7-20(15)25-19)2-5-18(13)26-21(27)16-8-9-23-24-12-16/h2-12H,1H3,(H,26,27). The number of halogens is 1. The average Bonchev–Trinajstić information content (AvgIpc) is 2.69. The zero-order valence-electron chi connectivity index (χ0n) is 14.5. The van der Waals surface area contributed by atoms with Gasteiger partial charge in [0, 0.05) is 16.6 Å². The Morgan fingerprint density at radius 2 is 1.89 bits per heavy atom. The van der Waals surface area contributed by atoms with E-state index < -0.39 is 0 Å². The molecular weight excluding hydrogens is 343 g/mol. The third-order valence-electron chi connectivity index (χ3n) is 4.27. The molecule has 0 aliphatic rings. The number of hydrogen-bond acceptors (Lipinski definition) is 4. The summed E-state index contributed by atoms with van der Waals surface area (Å²) in [5.74, 6) is -0.524. The first-order valence-electron chi connectivity index (χ1n) is 8.35. The summed E-state index contributed by atoms with van der Waals surface area (Å²) >= 11 is 0. The molecule has 1 N–H and O–H groups in total. The topological polar surface area (TPSA) is 67.8 Å². The highest BCUT2D eigenvalue weighted by atomic mass is 19.1. The maximum atomic E-state index is 13.3. The largest absolute Gasteiger partial charge is 0.322 e. The molecule has 4 rings (SSSR count). The first kappa shape index (κ1) is 16.8. The Balaban J connectivity index is 1.62. The summed E-state index contributed by atoms with van der Waals surface area (Å²) in [6.45, 7) is 1.92. The van der Waals surface area contributed by atoms with Gasteiger partial charge >= 0.3 is 0 Å². The van der Waals surface area contributed by atoms with Crippen molar-refractivity contribution >= 4 is 22.5 Å². The molecule has 0 saturated carbocycles. The van der Waals surface area contributed by atoms with Crippen molar-refractivity contribution in [3.05, 3.63) is 83.9 Å². The molecule has 27 heavy (non-hydrogen) atoms. The van der Waals surface area contributed by atoms with Crippen LogP contribution in [0.15, 0.2) is 67.0 Å². The highest BCUT2D eigenvalue weighted by Gasteiger charge is 2.10. The van der Waals surface area contributed by atoms with E-state index in [0.717, 1.165) is 27.7 Å². The van der Waals surface area contributed by atoms with E-state index >= 15 is 0 Å². The third kappa shape index (κ3) is 3.50. The van der Waals surface area contributed by atoms with Gasteiger partial charge in [0.05, 0.1) is 29.2 Å². The second-order valence-electron chi connectivity index (χ2n) is 6.15. The van der Waals surface area contributed by atoms with E-state index in [-0.39, 0.29) is 11.7 Å². The minimum absolute atomic E-state index is 0.244. The van der Waals surface area contributed by atoms with Crippen LogP contribution in [-0.4, -0.2) is 21.1 Å². The van der Waals surface area contributed by atoms with Crippen molar-refractivity contribution in [3.63, 3.8) is 0 Å². The van der Waals surface area contributed by atoms with Crippen molar-refractivity contribution in [2.45, 2.75) is 6.92 Å². The minimum Gasteiger partial charge on any atom is -0.322 e. The van der Waals surface area contributed by atoms with Crippen LogP contribution in [0, 0.1) is 12.7 Å². The zero-order valence-corrected chi connectivity index (χ0v) is 14.5. The van der Waals surface area contributed by atoms with Gasteiger partial charge in [-0.3, -0.25) is 4.79 Å². The SMILES string of the molecule is Cc1cc(-c2ccc3cc(F)ccc3n2)ccc1NC(=O)c1ccnnc1. The van der Waals surface area contributed by atoms with Crippen molar-refractivity contribution in [2.75, 3.05) is 5.32 Å². The van der Waals surface area contributed by atoms with Gasteiger partial charge in [0.2, 0.25) is 0 Å². The number of hydrogen-bond donors (Lipinski definition) is 1. The van der Waals surface area contributed by atoms with Crippen molar-refractivity contribution in [1.29, 1.82) is 0 Å². The molecule has 0 fully saturated rings. The van der Waals surface area contributed by atoms with E-state index in [0.29, 0.717) is 11.3 Å². The number of amides is 1. The molecule has 2 heterocycles. The van der Waals surface area contributed by atoms with Crippen LogP contribution in [0.25, 0.3) is 22.2 Å². The lowest BCUT2D eigenvalue weighted by atomic mass is 10.1. The molecule has 0 bridgehead atoms. The van der Waals surface area contributed by atoms with Gasteiger partial charge in [-0.2, -0.15) is 10.2 Å². The predicted octanol–water partition coefficient (Wildman–Crippen LogP) is 4.39. The number of aromatic nitrogens is 3. The van der Waals surface area contributed by atoms with Crippen LogP contribution < -0.4 is 5.32 Å². The number of nitrogens with zero attached hydrogens (tertiary/aromatic N) is 3. The maximum Gasteiger partial charge on any atom is 0.257 e. The number of carbonyl (C=O) groups excluding carboxylic acids is 1. The number of carbonyl (C=O) groups is 1. The summed E-state index contributed by atoms with van der Waals surface area (Å²) in [5, 5.41) is 11.0. The quantitative estimate of drug-likeness (QED) is 0.590. The number of fused-ring (bicyclic) bond motifs is 1. The van der Waals surface area contributed by atoms with E-state index in [2.05, 4.69) is 20.5 Å². The first-order chi connectivity index (χ1) is 13.1. The highest BCUT2D eigenvalue weighted by molar-refractivity contribution is 6.04. The summed E-state index contributed by atoms with van der Waals surface area (Å²) < 4.78 is 13.3. The van der Waals surface area contributed by atoms with E-state index in [1.165, 1.54) is 24.5 Å². The first-order valence-corrected chi connectivity index (χ1v) is 8.35. The van der Waals surface area contributed by atoms with Gasteiger partial charge in [-0.25, -0.2) is 9.37 Å². The van der Waals surface area contributed by atoms with Crippen molar-refractivity contribution in [2.24, 2.45) is 0 Å². The van der Waals surface area contributed by atoms with E-state index in [1.807, 2.05) is 37.3 Å². The highest BCUT2D eigenvalue weighted by Crippen LogP contribution is 2.26. The van der Waals surface area contributed by atoms with Crippen LogP contribution in [0.2, 0.25) is 0 Å². The Morgan fingerprint density at radius 1 is 1.00 bits per heavy atom. The fourth-order valence-electron chi connectivity index (χ4n) is 2.84. The van der Waals surface area contributed by atoms with Crippen molar-refractivity contribution in [3.8, 4) is 11.3 Å². The molecule has 5 nitrogen and oxygen atoms in total. The molecule has 0 spiro atoms. The van der Waals surface area contributed by atoms with Crippen LogP contribution >= 0.6 is 0 Å². The molecule has 132 valence electrons. The second-order valence-corrected chi connectivity index (χ2v) is 6.15. The average molecular weight is 358 g/mol. The smallest absolute Gasteiger partial charge is 0.257 e. The van der Waals surface area contributed by atoms with E-state index in [9.17, 15) is 9.18 Å². The molecule has 0 aliphatic carbocycles. The number of pyridine rings is 1. The Hall–Kier alpha value is -3.67. The van der Waals surface area contributed by atoms with Gasteiger partial charge in [0.25, 0.3) is 5.91 Å². The number of rotatable bonds is 3. The Bertz CT molecular complexity index is 1150. The molecule has 6 heteroatoms. The molecule has 1 amide bonds. The number of benzene rings is 2. The Morgan fingerprint density at radius 3 is 2.67 bits per heavy atom. The van der Waals surface area contributed by atoms with Crippen LogP contribution in [0.1, 0.15) is 15.9 Å². The Kier molecular flexibility index (Phi) is 4.30. The van der Waals surface area contributed by atoms with Gasteiger partial charge < -0.3 is 5.32 Å². The summed E-state index contributed by atoms with van der Waals surface area (Å²) in [6.07, 6.45) is 2.89. The third-order valence-corrected chi connectivity index (χ3v) is 4.27. The van der Waals surface area contributed by atoms with Gasteiger partial charge in [-0.15, -0.1) is 0 Å². The van der Waals surface area contributed by atoms with Crippen molar-refractivity contribution in [1.82, 2.24) is 15.2 Å². The van der Waals surface area contributed by atoms with Gasteiger partial charge in [0.15, 0.2) is 0 Å². The molecule has 0 saturated heterocycles. The second kappa shape index (κ2) is 6.92. The molecule has 0 unspecified atom stereocenters. The lowest BCUT2D eigenvalue weighted by Gasteiger charge is -2.10. The summed E-state index contributed by atoms with van der Waals surface area (Å²) in [6, 6.07) is 15.5. The predicted molar refractivity (Wildman–Crippen MR) is 102 cm³/mol. The van der Waals surface area contributed by atoms with Gasteiger partial charge in [-0.05, 0) is 55.0 Å². The van der Waals surface area contributed by atoms with Crippen LogP contribution in [0.3, 0.4) is 0 Å². The molecule has 2 aromatic heterocycles. The summed E-state index contributed by atoms with van der Waals surface area (Å²) in [5.41, 5.74) is 4.49. The number of anilines is 1. The lowest BCUT2D eigenvalue weighted by Crippen LogP contribution is -2.13. The Labute approximate surface area is 154 Å². The molecule has 2 aromatic carbocycles. The minimum atomic E-state index is -0.280. The fraction of sp³-hybridized carbons (Fsp3) is 0.0476. The number of nitrogens with one attached hydrogen (secondary N) is 1. The molecule has 4 aromatic rings.